The summed E-state index contributed by atoms with van der Waals surface area (Å²) in [6.45, 7) is 0. The minimum absolute atomic E-state index is 0.871. The first kappa shape index (κ1) is 38.3. The molecule has 0 N–H and O–H groups in total. The van der Waals surface area contributed by atoms with E-state index in [1.165, 1.54) is 40.3 Å². The van der Waals surface area contributed by atoms with Crippen molar-refractivity contribution >= 4 is 136 Å². The lowest BCUT2D eigenvalue weighted by Crippen LogP contribution is -2.15. The van der Waals surface area contributed by atoms with Crippen LogP contribution in [0.3, 0.4) is 0 Å². The fourth-order valence-electron chi connectivity index (χ4n) is 9.68. The van der Waals surface area contributed by atoms with Gasteiger partial charge in [-0.2, -0.15) is 0 Å². The molecule has 3 aromatic heterocycles. The summed E-state index contributed by atoms with van der Waals surface area (Å²) in [6, 6.07) is 85.3. The number of hydrogen-bond acceptors (Lipinski definition) is 6. The highest BCUT2D eigenvalue weighted by Gasteiger charge is 2.26. The Bertz CT molecular complexity index is 3860. The van der Waals surface area contributed by atoms with E-state index in [1.54, 1.807) is 0 Å². The van der Waals surface area contributed by atoms with E-state index in [0.29, 0.717) is 0 Å². The van der Waals surface area contributed by atoms with Gasteiger partial charge in [-0.25, -0.2) is 0 Å². The number of thiophene rings is 2. The van der Waals surface area contributed by atoms with E-state index >= 15 is 0 Å². The fraction of sp³-hybridized carbons (Fsp3) is 0. The van der Waals surface area contributed by atoms with Crippen LogP contribution in [0.4, 0.5) is 51.2 Å². The van der Waals surface area contributed by atoms with Crippen molar-refractivity contribution < 1.29 is 4.42 Å². The van der Waals surface area contributed by atoms with Crippen LogP contribution in [0.15, 0.2) is 241 Å². The summed E-state index contributed by atoms with van der Waals surface area (Å²) in [5, 5.41) is 7.11. The third-order valence-corrected chi connectivity index (χ3v) is 14.9. The van der Waals surface area contributed by atoms with Crippen LogP contribution in [0, 0.1) is 0 Å². The molecule has 0 spiro atoms. The lowest BCUT2D eigenvalue weighted by atomic mass is 10.0. The quantitative estimate of drug-likeness (QED) is 0.144. The van der Waals surface area contributed by atoms with Gasteiger partial charge in [0, 0.05) is 86.2 Å². The summed E-state index contributed by atoms with van der Waals surface area (Å²) < 4.78 is 11.3. The largest absolute Gasteiger partial charge is 0.456 e. The molecule has 66 heavy (non-hydrogen) atoms. The van der Waals surface area contributed by atoms with E-state index in [4.69, 9.17) is 4.42 Å². The number of hydrogen-bond donors (Lipinski definition) is 0. The first-order valence-corrected chi connectivity index (χ1v) is 23.8. The highest BCUT2D eigenvalue weighted by atomic mass is 32.1. The first-order chi connectivity index (χ1) is 32.7. The molecule has 0 saturated carbocycles. The maximum atomic E-state index is 6.35. The third-order valence-electron chi connectivity index (χ3n) is 12.6. The minimum Gasteiger partial charge on any atom is -0.456 e. The van der Waals surface area contributed by atoms with Crippen LogP contribution in [-0.2, 0) is 0 Å². The molecule has 312 valence electrons. The summed E-state index contributed by atoms with van der Waals surface area (Å²) in [7, 11) is 0. The van der Waals surface area contributed by atoms with Crippen molar-refractivity contribution in [3.8, 4) is 0 Å². The van der Waals surface area contributed by atoms with Crippen molar-refractivity contribution in [1.82, 2.24) is 0 Å². The van der Waals surface area contributed by atoms with E-state index in [2.05, 4.69) is 239 Å². The van der Waals surface area contributed by atoms with E-state index < -0.39 is 0 Å². The van der Waals surface area contributed by atoms with Gasteiger partial charge in [0.25, 0.3) is 0 Å². The van der Waals surface area contributed by atoms with Crippen LogP contribution >= 0.6 is 22.7 Å². The average Bonchev–Trinajstić information content (AvgIpc) is 4.07. The topological polar surface area (TPSA) is 22.9 Å². The Morgan fingerprint density at radius 1 is 0.273 bits per heavy atom. The molecule has 0 aliphatic rings. The number of rotatable bonds is 9. The summed E-state index contributed by atoms with van der Waals surface area (Å²) >= 11 is 3.71. The van der Waals surface area contributed by atoms with Gasteiger partial charge in [0.2, 0.25) is 0 Å². The van der Waals surface area contributed by atoms with Crippen LogP contribution in [-0.4, -0.2) is 0 Å². The van der Waals surface area contributed by atoms with Gasteiger partial charge >= 0.3 is 0 Å². The minimum atomic E-state index is 0.871. The second-order valence-corrected chi connectivity index (χ2v) is 18.6. The monoisotopic (exact) mass is 881 g/mol. The molecule has 0 amide bonds. The number of fused-ring (bicyclic) bond motifs is 9. The lowest BCUT2D eigenvalue weighted by Gasteiger charge is -2.32. The van der Waals surface area contributed by atoms with Crippen molar-refractivity contribution in [2.45, 2.75) is 0 Å². The smallest absolute Gasteiger partial charge is 0.135 e. The molecule has 13 rings (SSSR count). The number of benzene rings is 10. The Morgan fingerprint density at radius 2 is 0.742 bits per heavy atom. The Kier molecular flexibility index (Phi) is 9.18. The molecule has 0 fully saturated rings. The van der Waals surface area contributed by atoms with Crippen LogP contribution < -0.4 is 14.7 Å². The second kappa shape index (κ2) is 15.8. The maximum Gasteiger partial charge on any atom is 0.135 e. The number of anilines is 9. The molecule has 10 aromatic carbocycles. The van der Waals surface area contributed by atoms with Crippen LogP contribution in [0.25, 0.3) is 62.3 Å². The SMILES string of the molecule is c1ccc(N(c2ccc3oc4ccccc4c3c2)c2cc(N(c3ccccc3)c3cc(N(c4ccccc4)c4ccccc4)c4c(c3)sc3ccccc34)c3sc4ccccc4c3c2)cc1. The highest BCUT2D eigenvalue weighted by molar-refractivity contribution is 7.26. The van der Waals surface area contributed by atoms with Gasteiger partial charge in [0.1, 0.15) is 11.2 Å². The van der Waals surface area contributed by atoms with Gasteiger partial charge in [-0.3, -0.25) is 0 Å². The predicted octanol–water partition coefficient (Wildman–Crippen LogP) is 18.7. The van der Waals surface area contributed by atoms with Crippen molar-refractivity contribution in [2.24, 2.45) is 0 Å². The van der Waals surface area contributed by atoms with E-state index in [-0.39, 0.29) is 0 Å². The average molecular weight is 882 g/mol. The summed E-state index contributed by atoms with van der Waals surface area (Å²) in [5.74, 6) is 0. The molecule has 0 radical (unpaired) electrons. The predicted molar refractivity (Wildman–Crippen MR) is 284 cm³/mol. The van der Waals surface area contributed by atoms with Gasteiger partial charge in [-0.05, 0) is 109 Å². The van der Waals surface area contributed by atoms with E-state index in [9.17, 15) is 0 Å². The molecular weight excluding hydrogens is 843 g/mol. The highest BCUT2D eigenvalue weighted by Crippen LogP contribution is 2.53. The molecule has 3 heterocycles. The Morgan fingerprint density at radius 3 is 1.39 bits per heavy atom. The Hall–Kier alpha value is -8.16. The molecule has 0 aliphatic heterocycles. The molecule has 13 aromatic rings. The van der Waals surface area contributed by atoms with Crippen molar-refractivity contribution in [3.05, 3.63) is 237 Å². The van der Waals surface area contributed by atoms with Crippen molar-refractivity contribution in [3.63, 3.8) is 0 Å². The lowest BCUT2D eigenvalue weighted by molar-refractivity contribution is 0.669. The zero-order chi connectivity index (χ0) is 43.6. The molecular formula is C60H39N3OS2. The summed E-state index contributed by atoms with van der Waals surface area (Å²) in [5.41, 5.74) is 11.5. The maximum absolute atomic E-state index is 6.35. The number of furan rings is 1. The van der Waals surface area contributed by atoms with E-state index in [1.807, 2.05) is 34.8 Å². The van der Waals surface area contributed by atoms with Gasteiger partial charge in [-0.1, -0.05) is 127 Å². The molecule has 0 saturated heterocycles. The molecule has 0 atom stereocenters. The Balaban J connectivity index is 1.12. The molecule has 0 unspecified atom stereocenters. The van der Waals surface area contributed by atoms with Gasteiger partial charge in [0.05, 0.1) is 16.1 Å². The van der Waals surface area contributed by atoms with Crippen molar-refractivity contribution in [2.75, 3.05) is 14.7 Å². The zero-order valence-corrected chi connectivity index (χ0v) is 37.2. The van der Waals surface area contributed by atoms with Crippen LogP contribution in [0.5, 0.6) is 0 Å². The molecule has 4 nitrogen and oxygen atoms in total. The summed E-state index contributed by atoms with van der Waals surface area (Å²) in [6.07, 6.45) is 0. The van der Waals surface area contributed by atoms with Crippen LogP contribution in [0.1, 0.15) is 0 Å². The van der Waals surface area contributed by atoms with E-state index in [0.717, 1.165) is 73.1 Å². The Labute approximate surface area is 389 Å². The number of nitrogens with zero attached hydrogens (tertiary/aromatic N) is 3. The molecule has 6 heteroatoms. The first-order valence-electron chi connectivity index (χ1n) is 22.2. The fourth-order valence-corrected chi connectivity index (χ4v) is 12.0. The van der Waals surface area contributed by atoms with Gasteiger partial charge in [0.15, 0.2) is 0 Å². The molecule has 0 bridgehead atoms. The second-order valence-electron chi connectivity index (χ2n) is 16.5. The third kappa shape index (κ3) is 6.41. The van der Waals surface area contributed by atoms with Crippen LogP contribution in [0.2, 0.25) is 0 Å². The molecule has 0 aliphatic carbocycles. The van der Waals surface area contributed by atoms with Crippen molar-refractivity contribution in [1.29, 1.82) is 0 Å². The van der Waals surface area contributed by atoms with Gasteiger partial charge in [-0.15, -0.1) is 22.7 Å². The standard InChI is InChI=1S/C60H39N3OS2/c1-5-19-40(20-6-1)61(44-33-34-55-50(35-44)47-27-13-16-30-54(47)64-55)45-36-51-48-28-14-17-31-56(48)66-60(51)53(38-45)63(43-25-11-4-12-26-43)46-37-52(59-49-29-15-18-32-57(49)65-58(59)39-46)62(41-21-7-2-8-22-41)42-23-9-3-10-24-42/h1-39H. The zero-order valence-electron chi connectivity index (χ0n) is 35.6. The number of para-hydroxylation sites is 5. The summed E-state index contributed by atoms with van der Waals surface area (Å²) in [4.78, 5) is 7.30. The van der Waals surface area contributed by atoms with Gasteiger partial charge < -0.3 is 19.1 Å². The normalized spacial score (nSPS) is 11.6.